The van der Waals surface area contributed by atoms with E-state index in [0.29, 0.717) is 37.0 Å². The number of amides is 2. The first-order chi connectivity index (χ1) is 12.5. The molecule has 1 aromatic carbocycles. The predicted molar refractivity (Wildman–Crippen MR) is 96.9 cm³/mol. The third-order valence-electron chi connectivity index (χ3n) is 3.95. The lowest BCUT2D eigenvalue weighted by molar-refractivity contribution is -0.384. The first-order valence-corrected chi connectivity index (χ1v) is 8.65. The summed E-state index contributed by atoms with van der Waals surface area (Å²) in [6, 6.07) is 5.67. The van der Waals surface area contributed by atoms with Crippen LogP contribution in [0.5, 0.6) is 0 Å². The van der Waals surface area contributed by atoms with Crippen molar-refractivity contribution in [3.05, 3.63) is 50.9 Å². The fourth-order valence-corrected chi connectivity index (χ4v) is 3.46. The second kappa shape index (κ2) is 7.50. The molecule has 26 heavy (non-hydrogen) atoms. The number of thiophene rings is 1. The molecule has 3 rings (SSSR count). The van der Waals surface area contributed by atoms with Crippen molar-refractivity contribution in [2.75, 3.05) is 36.5 Å². The number of ether oxygens (including phenoxy) is 1. The number of non-ortho nitro benzene ring substituents is 1. The molecule has 2 aromatic rings. The maximum absolute atomic E-state index is 12.8. The van der Waals surface area contributed by atoms with E-state index in [1.165, 1.54) is 18.2 Å². The summed E-state index contributed by atoms with van der Waals surface area (Å²) in [5.74, 6) is -1.20. The Hall–Kier alpha value is -2.98. The zero-order chi connectivity index (χ0) is 18.7. The second-order valence-corrected chi connectivity index (χ2v) is 6.46. The number of anilines is 2. The SMILES string of the molecule is NC(=O)c1ccsc1NC(=O)c1cc([N+](=O)[O-])ccc1N1CCOCC1. The Morgan fingerprint density at radius 1 is 1.23 bits per heavy atom. The molecule has 0 radical (unpaired) electrons. The van der Waals surface area contributed by atoms with E-state index in [2.05, 4.69) is 5.32 Å². The van der Waals surface area contributed by atoms with Gasteiger partial charge >= 0.3 is 0 Å². The van der Waals surface area contributed by atoms with Crippen molar-refractivity contribution in [2.24, 2.45) is 5.73 Å². The van der Waals surface area contributed by atoms with E-state index < -0.39 is 16.7 Å². The van der Waals surface area contributed by atoms with Gasteiger partial charge in [0.15, 0.2) is 0 Å². The number of nitrogens with two attached hydrogens (primary N) is 1. The first kappa shape index (κ1) is 17.8. The number of carbonyl (C=O) groups excluding carboxylic acids is 2. The van der Waals surface area contributed by atoms with Crippen molar-refractivity contribution < 1.29 is 19.2 Å². The molecule has 136 valence electrons. The van der Waals surface area contributed by atoms with Gasteiger partial charge in [0.25, 0.3) is 17.5 Å². The molecule has 0 spiro atoms. The molecular formula is C16H16N4O5S. The fourth-order valence-electron chi connectivity index (χ4n) is 2.67. The number of hydrogen-bond donors (Lipinski definition) is 2. The molecule has 2 heterocycles. The van der Waals surface area contributed by atoms with Gasteiger partial charge in [0, 0.05) is 25.2 Å². The maximum atomic E-state index is 12.8. The summed E-state index contributed by atoms with van der Waals surface area (Å²) in [7, 11) is 0. The summed E-state index contributed by atoms with van der Waals surface area (Å²) in [5.41, 5.74) is 6.03. The Morgan fingerprint density at radius 2 is 1.96 bits per heavy atom. The number of nitro benzene ring substituents is 1. The minimum atomic E-state index is -0.658. The van der Waals surface area contributed by atoms with Crippen LogP contribution < -0.4 is 16.0 Å². The number of morpholine rings is 1. The summed E-state index contributed by atoms with van der Waals surface area (Å²) in [6.07, 6.45) is 0. The van der Waals surface area contributed by atoms with E-state index in [4.69, 9.17) is 10.5 Å². The molecular weight excluding hydrogens is 360 g/mol. The van der Waals surface area contributed by atoms with E-state index in [9.17, 15) is 19.7 Å². The summed E-state index contributed by atoms with van der Waals surface area (Å²) >= 11 is 1.15. The fraction of sp³-hybridized carbons (Fsp3) is 0.250. The predicted octanol–water partition coefficient (Wildman–Crippen LogP) is 1.84. The first-order valence-electron chi connectivity index (χ1n) is 7.77. The molecule has 0 unspecified atom stereocenters. The van der Waals surface area contributed by atoms with Gasteiger partial charge in [-0.15, -0.1) is 11.3 Å². The van der Waals surface area contributed by atoms with Crippen LogP contribution in [0.25, 0.3) is 0 Å². The zero-order valence-electron chi connectivity index (χ0n) is 13.6. The third kappa shape index (κ3) is 3.65. The standard InChI is InChI=1S/C16H16N4O5S/c17-14(21)11-3-8-26-16(11)18-15(22)12-9-10(20(23)24)1-2-13(12)19-4-6-25-7-5-19/h1-3,8-9H,4-7H2,(H2,17,21)(H,18,22). The molecule has 1 saturated heterocycles. The number of hydrogen-bond acceptors (Lipinski definition) is 7. The van der Waals surface area contributed by atoms with Gasteiger partial charge in [-0.1, -0.05) is 0 Å². The Bertz CT molecular complexity index is 860. The quantitative estimate of drug-likeness (QED) is 0.605. The van der Waals surface area contributed by atoms with Crippen molar-refractivity contribution in [3.63, 3.8) is 0 Å². The van der Waals surface area contributed by atoms with Crippen LogP contribution in [0.4, 0.5) is 16.4 Å². The van der Waals surface area contributed by atoms with E-state index in [1.54, 1.807) is 11.4 Å². The van der Waals surface area contributed by atoms with Gasteiger partial charge in [0.1, 0.15) is 5.00 Å². The number of nitro groups is 1. The highest BCUT2D eigenvalue weighted by atomic mass is 32.1. The van der Waals surface area contributed by atoms with E-state index in [-0.39, 0.29) is 16.8 Å². The van der Waals surface area contributed by atoms with Crippen molar-refractivity contribution in [2.45, 2.75) is 0 Å². The smallest absolute Gasteiger partial charge is 0.270 e. The van der Waals surface area contributed by atoms with E-state index in [0.717, 1.165) is 11.3 Å². The molecule has 1 aliphatic rings. The van der Waals surface area contributed by atoms with Gasteiger partial charge in [-0.2, -0.15) is 0 Å². The lowest BCUT2D eigenvalue weighted by atomic mass is 10.1. The van der Waals surface area contributed by atoms with Crippen molar-refractivity contribution >= 4 is 39.5 Å². The molecule has 0 saturated carbocycles. The number of nitrogens with zero attached hydrogens (tertiary/aromatic N) is 2. The highest BCUT2D eigenvalue weighted by molar-refractivity contribution is 7.14. The summed E-state index contributed by atoms with van der Waals surface area (Å²) in [4.78, 5) is 36.7. The highest BCUT2D eigenvalue weighted by Crippen LogP contribution is 2.29. The molecule has 10 heteroatoms. The minimum absolute atomic E-state index is 0.157. The molecule has 1 aromatic heterocycles. The van der Waals surface area contributed by atoms with Crippen molar-refractivity contribution in [1.82, 2.24) is 0 Å². The lowest BCUT2D eigenvalue weighted by Crippen LogP contribution is -2.37. The molecule has 1 fully saturated rings. The molecule has 1 aliphatic heterocycles. The monoisotopic (exact) mass is 376 g/mol. The van der Waals surface area contributed by atoms with Gasteiger partial charge in [-0.25, -0.2) is 0 Å². The largest absolute Gasteiger partial charge is 0.378 e. The summed E-state index contributed by atoms with van der Waals surface area (Å²) in [6.45, 7) is 2.16. The van der Waals surface area contributed by atoms with Crippen LogP contribution in [-0.2, 0) is 4.74 Å². The third-order valence-corrected chi connectivity index (χ3v) is 4.77. The second-order valence-electron chi connectivity index (χ2n) is 5.54. The average molecular weight is 376 g/mol. The van der Waals surface area contributed by atoms with E-state index >= 15 is 0 Å². The zero-order valence-corrected chi connectivity index (χ0v) is 14.5. The maximum Gasteiger partial charge on any atom is 0.270 e. The number of rotatable bonds is 5. The van der Waals surface area contributed by atoms with Crippen LogP contribution in [0.15, 0.2) is 29.6 Å². The lowest BCUT2D eigenvalue weighted by Gasteiger charge is -2.30. The van der Waals surface area contributed by atoms with Crippen LogP contribution in [0.2, 0.25) is 0 Å². The topological polar surface area (TPSA) is 128 Å². The van der Waals surface area contributed by atoms with Crippen molar-refractivity contribution in [1.29, 1.82) is 0 Å². The van der Waals surface area contributed by atoms with Gasteiger partial charge < -0.3 is 20.7 Å². The number of nitrogens with one attached hydrogen (secondary N) is 1. The van der Waals surface area contributed by atoms with E-state index in [1.807, 2.05) is 4.90 Å². The Labute approximate surface area is 152 Å². The highest BCUT2D eigenvalue weighted by Gasteiger charge is 2.23. The molecule has 2 amide bonds. The van der Waals surface area contributed by atoms with Crippen LogP contribution in [0.1, 0.15) is 20.7 Å². The van der Waals surface area contributed by atoms with Crippen LogP contribution in [0.3, 0.4) is 0 Å². The van der Waals surface area contributed by atoms with Gasteiger partial charge in [-0.05, 0) is 17.5 Å². The molecule has 0 atom stereocenters. The van der Waals surface area contributed by atoms with Crippen LogP contribution in [0, 0.1) is 10.1 Å². The summed E-state index contributed by atoms with van der Waals surface area (Å²) < 4.78 is 5.31. The van der Waals surface area contributed by atoms with Gasteiger partial charge in [-0.3, -0.25) is 19.7 Å². The normalized spacial score (nSPS) is 14.1. The van der Waals surface area contributed by atoms with Gasteiger partial charge in [0.05, 0.1) is 35.0 Å². The minimum Gasteiger partial charge on any atom is -0.378 e. The average Bonchev–Trinajstić information content (AvgIpc) is 3.10. The molecule has 0 aliphatic carbocycles. The Morgan fingerprint density at radius 3 is 2.62 bits per heavy atom. The van der Waals surface area contributed by atoms with Crippen LogP contribution >= 0.6 is 11.3 Å². The van der Waals surface area contributed by atoms with Crippen molar-refractivity contribution in [3.8, 4) is 0 Å². The number of primary amides is 1. The van der Waals surface area contributed by atoms with Gasteiger partial charge in [0.2, 0.25) is 0 Å². The Kier molecular flexibility index (Phi) is 5.14. The number of benzene rings is 1. The molecule has 0 bridgehead atoms. The van der Waals surface area contributed by atoms with Crippen LogP contribution in [-0.4, -0.2) is 43.0 Å². The molecule has 3 N–H and O–H groups in total. The Balaban J connectivity index is 1.96. The number of carbonyl (C=O) groups is 2. The summed E-state index contributed by atoms with van der Waals surface area (Å²) in [5, 5.41) is 15.7. The molecule has 9 nitrogen and oxygen atoms in total.